The smallest absolute Gasteiger partial charge is 0.182 e. The number of ketones is 1. The number of fused-ring (bicyclic) bond motifs is 1. The molecule has 4 nitrogen and oxygen atoms in total. The fraction of sp³-hybridized carbons (Fsp3) is 0.333. The van der Waals surface area contributed by atoms with Crippen LogP contribution in [0.1, 0.15) is 41.2 Å². The van der Waals surface area contributed by atoms with Crippen molar-refractivity contribution in [1.29, 1.82) is 0 Å². The van der Waals surface area contributed by atoms with Crippen molar-refractivity contribution in [1.82, 2.24) is 9.78 Å². The molecule has 0 saturated heterocycles. The summed E-state index contributed by atoms with van der Waals surface area (Å²) in [5.41, 5.74) is 2.61. The van der Waals surface area contributed by atoms with E-state index in [1.165, 1.54) is 0 Å². The van der Waals surface area contributed by atoms with Crippen molar-refractivity contribution in [3.8, 4) is 0 Å². The molecule has 19 heavy (non-hydrogen) atoms. The molecule has 2 aromatic rings. The minimum atomic E-state index is -0.124. The first-order valence-corrected chi connectivity index (χ1v) is 6.57. The van der Waals surface area contributed by atoms with E-state index in [9.17, 15) is 4.79 Å². The summed E-state index contributed by atoms with van der Waals surface area (Å²) < 4.78 is 7.74. The van der Waals surface area contributed by atoms with Gasteiger partial charge in [0, 0.05) is 6.42 Å². The third kappa shape index (κ3) is 2.19. The number of hydrogen-bond acceptors (Lipinski definition) is 3. The summed E-state index contributed by atoms with van der Waals surface area (Å²) in [4.78, 5) is 11.8. The molecular formula is C15H16N2O2. The maximum absolute atomic E-state index is 11.8. The second kappa shape index (κ2) is 4.97. The van der Waals surface area contributed by atoms with Crippen LogP contribution in [-0.4, -0.2) is 22.2 Å². The fourth-order valence-corrected chi connectivity index (χ4v) is 2.38. The first-order chi connectivity index (χ1) is 9.29. The van der Waals surface area contributed by atoms with Crippen molar-refractivity contribution >= 4 is 5.78 Å². The fourth-order valence-electron chi connectivity index (χ4n) is 2.38. The Labute approximate surface area is 112 Å². The molecule has 0 bridgehead atoms. The quantitative estimate of drug-likeness (QED) is 0.793. The topological polar surface area (TPSA) is 44.1 Å². The van der Waals surface area contributed by atoms with Crippen molar-refractivity contribution in [3.05, 3.63) is 53.3 Å². The molecule has 4 heteroatoms. The number of aromatic nitrogens is 2. The lowest BCUT2D eigenvalue weighted by Gasteiger charge is -2.24. The van der Waals surface area contributed by atoms with Crippen molar-refractivity contribution in [2.75, 3.05) is 6.61 Å². The van der Waals surface area contributed by atoms with Crippen LogP contribution in [0.3, 0.4) is 0 Å². The third-order valence-corrected chi connectivity index (χ3v) is 3.38. The standard InChI is InChI=1S/C15H16N2O2/c1-2-14(18)12-10-13-15(11-6-4-3-5-7-11)19-9-8-17(13)16-12/h3-7,10,15H,2,8-9H2,1H3/t15-/m1/s1. The zero-order valence-corrected chi connectivity index (χ0v) is 10.9. The van der Waals surface area contributed by atoms with Gasteiger partial charge in [-0.15, -0.1) is 0 Å². The number of ether oxygens (including phenoxy) is 1. The Morgan fingerprint density at radius 3 is 2.95 bits per heavy atom. The molecule has 3 rings (SSSR count). The average Bonchev–Trinajstić information content (AvgIpc) is 2.91. The number of hydrogen-bond donors (Lipinski definition) is 0. The summed E-state index contributed by atoms with van der Waals surface area (Å²) in [6.07, 6.45) is 0.355. The number of benzene rings is 1. The highest BCUT2D eigenvalue weighted by Gasteiger charge is 2.25. The number of nitrogens with zero attached hydrogens (tertiary/aromatic N) is 2. The highest BCUT2D eigenvalue weighted by atomic mass is 16.5. The largest absolute Gasteiger partial charge is 0.365 e. The molecule has 1 atom stereocenters. The van der Waals surface area contributed by atoms with Gasteiger partial charge in [-0.1, -0.05) is 37.3 Å². The van der Waals surface area contributed by atoms with E-state index in [0.717, 1.165) is 11.3 Å². The highest BCUT2D eigenvalue weighted by molar-refractivity contribution is 5.94. The Morgan fingerprint density at radius 2 is 2.21 bits per heavy atom. The first kappa shape index (κ1) is 12.1. The van der Waals surface area contributed by atoms with Crippen LogP contribution in [0.5, 0.6) is 0 Å². The van der Waals surface area contributed by atoms with Gasteiger partial charge in [-0.3, -0.25) is 9.48 Å². The van der Waals surface area contributed by atoms with Crippen molar-refractivity contribution in [2.45, 2.75) is 26.0 Å². The van der Waals surface area contributed by atoms with Gasteiger partial charge in [0.2, 0.25) is 0 Å². The molecule has 0 spiro atoms. The van der Waals surface area contributed by atoms with E-state index in [2.05, 4.69) is 5.10 Å². The van der Waals surface area contributed by atoms with Gasteiger partial charge in [-0.25, -0.2) is 0 Å². The van der Waals surface area contributed by atoms with Crippen molar-refractivity contribution in [2.24, 2.45) is 0 Å². The lowest BCUT2D eigenvalue weighted by Crippen LogP contribution is -2.22. The normalized spacial score (nSPS) is 18.1. The molecule has 2 heterocycles. The summed E-state index contributed by atoms with van der Waals surface area (Å²) in [5, 5.41) is 4.38. The second-order valence-corrected chi connectivity index (χ2v) is 4.62. The molecule has 0 aliphatic carbocycles. The molecule has 1 aliphatic heterocycles. The van der Waals surface area contributed by atoms with E-state index < -0.39 is 0 Å². The minimum Gasteiger partial charge on any atom is -0.365 e. The molecule has 0 fully saturated rings. The summed E-state index contributed by atoms with van der Waals surface area (Å²) in [6, 6.07) is 11.9. The van der Waals surface area contributed by atoms with Gasteiger partial charge in [0.25, 0.3) is 0 Å². The molecule has 98 valence electrons. The predicted octanol–water partition coefficient (Wildman–Crippen LogP) is 2.60. The number of Topliss-reactive ketones (excluding diaryl/α,β-unsaturated/α-hetero) is 1. The third-order valence-electron chi connectivity index (χ3n) is 3.38. The SMILES string of the molecule is CCC(=O)c1cc2n(n1)CCO[C@@H]2c1ccccc1. The summed E-state index contributed by atoms with van der Waals surface area (Å²) >= 11 is 0. The Balaban J connectivity index is 2.00. The monoisotopic (exact) mass is 256 g/mol. The molecule has 0 amide bonds. The Bertz CT molecular complexity index is 589. The Hall–Kier alpha value is -1.94. The summed E-state index contributed by atoms with van der Waals surface area (Å²) in [6.45, 7) is 3.18. The molecule has 0 unspecified atom stereocenters. The number of rotatable bonds is 3. The van der Waals surface area contributed by atoms with Gasteiger partial charge in [0.05, 0.1) is 18.8 Å². The van der Waals surface area contributed by atoms with Gasteiger partial charge in [-0.2, -0.15) is 5.10 Å². The lowest BCUT2D eigenvalue weighted by atomic mass is 10.0. The second-order valence-electron chi connectivity index (χ2n) is 4.62. The Morgan fingerprint density at radius 1 is 1.42 bits per heavy atom. The molecule has 1 aliphatic rings. The first-order valence-electron chi connectivity index (χ1n) is 6.57. The van der Waals surface area contributed by atoms with Gasteiger partial charge < -0.3 is 4.74 Å². The molecule has 0 radical (unpaired) electrons. The van der Waals surface area contributed by atoms with E-state index in [1.54, 1.807) is 0 Å². The van der Waals surface area contributed by atoms with Crippen molar-refractivity contribution in [3.63, 3.8) is 0 Å². The van der Waals surface area contributed by atoms with Crippen LogP contribution < -0.4 is 0 Å². The maximum Gasteiger partial charge on any atom is 0.182 e. The van der Waals surface area contributed by atoms with Crippen LogP contribution in [0, 0.1) is 0 Å². The van der Waals surface area contributed by atoms with Gasteiger partial charge >= 0.3 is 0 Å². The predicted molar refractivity (Wildman–Crippen MR) is 71.1 cm³/mol. The van der Waals surface area contributed by atoms with Gasteiger partial charge in [0.15, 0.2) is 5.78 Å². The van der Waals surface area contributed by atoms with E-state index in [4.69, 9.17) is 4.74 Å². The van der Waals surface area contributed by atoms with Crippen LogP contribution in [-0.2, 0) is 11.3 Å². The maximum atomic E-state index is 11.8. The average molecular weight is 256 g/mol. The highest BCUT2D eigenvalue weighted by Crippen LogP contribution is 2.29. The Kier molecular flexibility index (Phi) is 3.17. The van der Waals surface area contributed by atoms with Crippen LogP contribution in [0.4, 0.5) is 0 Å². The van der Waals surface area contributed by atoms with E-state index in [0.29, 0.717) is 25.3 Å². The van der Waals surface area contributed by atoms with Gasteiger partial charge in [0.1, 0.15) is 11.8 Å². The van der Waals surface area contributed by atoms with Gasteiger partial charge in [-0.05, 0) is 11.6 Å². The van der Waals surface area contributed by atoms with E-state index in [-0.39, 0.29) is 11.9 Å². The minimum absolute atomic E-state index is 0.0775. The number of carbonyl (C=O) groups excluding carboxylic acids is 1. The van der Waals surface area contributed by atoms with Crippen LogP contribution in [0.2, 0.25) is 0 Å². The zero-order valence-electron chi connectivity index (χ0n) is 10.9. The number of carbonyl (C=O) groups is 1. The van der Waals surface area contributed by atoms with Crippen LogP contribution >= 0.6 is 0 Å². The zero-order chi connectivity index (χ0) is 13.2. The lowest BCUT2D eigenvalue weighted by molar-refractivity contribution is 0.0421. The molecule has 0 saturated carbocycles. The van der Waals surface area contributed by atoms with Crippen molar-refractivity contribution < 1.29 is 9.53 Å². The van der Waals surface area contributed by atoms with Crippen LogP contribution in [0.25, 0.3) is 0 Å². The van der Waals surface area contributed by atoms with E-state index in [1.807, 2.05) is 48.0 Å². The van der Waals surface area contributed by atoms with E-state index >= 15 is 0 Å². The molecular weight excluding hydrogens is 240 g/mol. The molecule has 1 aromatic carbocycles. The molecule has 1 aromatic heterocycles. The molecule has 0 N–H and O–H groups in total. The summed E-state index contributed by atoms with van der Waals surface area (Å²) in [5.74, 6) is 0.0775. The van der Waals surface area contributed by atoms with Crippen LogP contribution in [0.15, 0.2) is 36.4 Å². The summed E-state index contributed by atoms with van der Waals surface area (Å²) in [7, 11) is 0.